The van der Waals surface area contributed by atoms with Gasteiger partial charge in [-0.25, -0.2) is 4.98 Å². The molecule has 0 radical (unpaired) electrons. The zero-order valence-electron chi connectivity index (χ0n) is 8.98. The molecule has 2 heterocycles. The van der Waals surface area contributed by atoms with Crippen LogP contribution in [0.4, 0.5) is 0 Å². The minimum Gasteiger partial charge on any atom is -0.306 e. The number of thiophene rings is 1. The van der Waals surface area contributed by atoms with Crippen molar-refractivity contribution in [3.8, 4) is 0 Å². The van der Waals surface area contributed by atoms with Crippen LogP contribution in [-0.2, 0) is 6.54 Å². The molecule has 16 heavy (non-hydrogen) atoms. The second kappa shape index (κ2) is 5.43. The van der Waals surface area contributed by atoms with Gasteiger partial charge in [-0.05, 0) is 40.9 Å². The highest BCUT2D eigenvalue weighted by Crippen LogP contribution is 2.14. The van der Waals surface area contributed by atoms with Gasteiger partial charge < -0.3 is 5.32 Å². The summed E-state index contributed by atoms with van der Waals surface area (Å²) in [7, 11) is 0. The molecular formula is C12H13ClN2S. The van der Waals surface area contributed by atoms with Crippen molar-refractivity contribution in [2.45, 2.75) is 19.5 Å². The topological polar surface area (TPSA) is 24.9 Å². The third kappa shape index (κ3) is 3.04. The van der Waals surface area contributed by atoms with Gasteiger partial charge in [-0.2, -0.15) is 11.3 Å². The summed E-state index contributed by atoms with van der Waals surface area (Å²) in [4.78, 5) is 4.07. The Bertz CT molecular complexity index is 425. The molecule has 0 bridgehead atoms. The molecule has 1 atom stereocenters. The number of nitrogens with one attached hydrogen (secondary N) is 1. The van der Waals surface area contributed by atoms with Crippen molar-refractivity contribution in [3.63, 3.8) is 0 Å². The Kier molecular flexibility index (Phi) is 3.93. The second-order valence-electron chi connectivity index (χ2n) is 3.65. The van der Waals surface area contributed by atoms with E-state index in [9.17, 15) is 0 Å². The van der Waals surface area contributed by atoms with Crippen molar-refractivity contribution in [2.75, 3.05) is 0 Å². The average molecular weight is 253 g/mol. The average Bonchev–Trinajstić information content (AvgIpc) is 2.80. The van der Waals surface area contributed by atoms with Crippen LogP contribution in [0.2, 0.25) is 5.15 Å². The maximum absolute atomic E-state index is 5.74. The van der Waals surface area contributed by atoms with E-state index in [1.165, 1.54) is 5.56 Å². The van der Waals surface area contributed by atoms with Gasteiger partial charge in [0.2, 0.25) is 0 Å². The molecule has 1 unspecified atom stereocenters. The minimum atomic E-state index is 0.282. The lowest BCUT2D eigenvalue weighted by molar-refractivity contribution is 0.574. The van der Waals surface area contributed by atoms with E-state index in [1.807, 2.05) is 18.3 Å². The van der Waals surface area contributed by atoms with Crippen LogP contribution in [0.3, 0.4) is 0 Å². The first kappa shape index (κ1) is 11.6. The van der Waals surface area contributed by atoms with Crippen LogP contribution in [-0.4, -0.2) is 4.98 Å². The van der Waals surface area contributed by atoms with E-state index in [2.05, 4.69) is 34.1 Å². The van der Waals surface area contributed by atoms with E-state index < -0.39 is 0 Å². The Morgan fingerprint density at radius 2 is 2.31 bits per heavy atom. The molecule has 0 aliphatic rings. The maximum atomic E-state index is 5.74. The molecule has 2 rings (SSSR count). The van der Waals surface area contributed by atoms with Crippen molar-refractivity contribution >= 4 is 22.9 Å². The van der Waals surface area contributed by atoms with Crippen LogP contribution < -0.4 is 5.32 Å². The van der Waals surface area contributed by atoms with Crippen molar-refractivity contribution in [2.24, 2.45) is 0 Å². The monoisotopic (exact) mass is 252 g/mol. The Labute approximate surface area is 104 Å². The molecule has 0 spiro atoms. The molecule has 2 nitrogen and oxygen atoms in total. The van der Waals surface area contributed by atoms with E-state index in [4.69, 9.17) is 11.6 Å². The fraction of sp³-hybridized carbons (Fsp3) is 0.250. The quantitative estimate of drug-likeness (QED) is 0.841. The number of nitrogens with zero attached hydrogens (tertiary/aromatic N) is 1. The smallest absolute Gasteiger partial charge is 0.129 e. The van der Waals surface area contributed by atoms with Gasteiger partial charge >= 0.3 is 0 Å². The fourth-order valence-electron chi connectivity index (χ4n) is 1.43. The Morgan fingerprint density at radius 3 is 2.94 bits per heavy atom. The molecule has 0 amide bonds. The van der Waals surface area contributed by atoms with Crippen LogP contribution in [0, 0.1) is 0 Å². The predicted molar refractivity (Wildman–Crippen MR) is 68.8 cm³/mol. The Morgan fingerprint density at radius 1 is 1.44 bits per heavy atom. The van der Waals surface area contributed by atoms with Gasteiger partial charge in [0.15, 0.2) is 0 Å². The first-order chi connectivity index (χ1) is 7.75. The summed E-state index contributed by atoms with van der Waals surface area (Å²) in [6.45, 7) is 3.00. The van der Waals surface area contributed by atoms with Crippen LogP contribution in [0.1, 0.15) is 24.1 Å². The number of hydrogen-bond acceptors (Lipinski definition) is 3. The van der Waals surface area contributed by atoms with Gasteiger partial charge in [0.25, 0.3) is 0 Å². The lowest BCUT2D eigenvalue weighted by Gasteiger charge is -2.13. The predicted octanol–water partition coefficient (Wildman–Crippen LogP) is 3.65. The summed E-state index contributed by atoms with van der Waals surface area (Å²) in [5.74, 6) is 0. The third-order valence-electron chi connectivity index (χ3n) is 2.44. The summed E-state index contributed by atoms with van der Waals surface area (Å²) in [6.07, 6.45) is 1.81. The SMILES string of the molecule is CC(NCc1ccsc1)c1ccc(Cl)nc1. The summed E-state index contributed by atoms with van der Waals surface area (Å²) in [6, 6.07) is 6.23. The van der Waals surface area contributed by atoms with E-state index in [1.54, 1.807) is 11.3 Å². The number of halogens is 1. The molecule has 0 aliphatic heterocycles. The van der Waals surface area contributed by atoms with Crippen molar-refractivity contribution in [3.05, 3.63) is 51.4 Å². The number of pyridine rings is 1. The molecule has 2 aromatic rings. The molecule has 0 fully saturated rings. The molecule has 84 valence electrons. The van der Waals surface area contributed by atoms with E-state index in [0.29, 0.717) is 5.15 Å². The second-order valence-corrected chi connectivity index (χ2v) is 4.82. The number of rotatable bonds is 4. The normalized spacial score (nSPS) is 12.6. The lowest BCUT2D eigenvalue weighted by atomic mass is 10.1. The van der Waals surface area contributed by atoms with Gasteiger partial charge in [-0.1, -0.05) is 17.7 Å². The van der Waals surface area contributed by atoms with Crippen LogP contribution in [0.25, 0.3) is 0 Å². The first-order valence-electron chi connectivity index (χ1n) is 5.11. The third-order valence-corrected chi connectivity index (χ3v) is 3.40. The van der Waals surface area contributed by atoms with Crippen LogP contribution in [0.15, 0.2) is 35.2 Å². The molecule has 0 aliphatic carbocycles. The Hall–Kier alpha value is -0.900. The lowest BCUT2D eigenvalue weighted by Crippen LogP contribution is -2.17. The zero-order chi connectivity index (χ0) is 11.4. The van der Waals surface area contributed by atoms with Gasteiger partial charge in [-0.15, -0.1) is 0 Å². The highest BCUT2D eigenvalue weighted by atomic mass is 35.5. The van der Waals surface area contributed by atoms with Crippen LogP contribution >= 0.6 is 22.9 Å². The van der Waals surface area contributed by atoms with Gasteiger partial charge in [0.1, 0.15) is 5.15 Å². The molecule has 0 saturated heterocycles. The fourth-order valence-corrected chi connectivity index (χ4v) is 2.21. The van der Waals surface area contributed by atoms with E-state index in [0.717, 1.165) is 12.1 Å². The summed E-state index contributed by atoms with van der Waals surface area (Å²) >= 11 is 7.46. The standard InChI is InChI=1S/C12H13ClN2S/c1-9(11-2-3-12(13)15-7-11)14-6-10-4-5-16-8-10/h2-5,7-9,14H,6H2,1H3. The number of aromatic nitrogens is 1. The van der Waals surface area contributed by atoms with E-state index in [-0.39, 0.29) is 6.04 Å². The van der Waals surface area contributed by atoms with Crippen LogP contribution in [0.5, 0.6) is 0 Å². The van der Waals surface area contributed by atoms with Crippen molar-refractivity contribution < 1.29 is 0 Å². The largest absolute Gasteiger partial charge is 0.306 e. The molecule has 4 heteroatoms. The summed E-state index contributed by atoms with van der Waals surface area (Å²) in [5, 5.41) is 8.22. The van der Waals surface area contributed by atoms with Crippen molar-refractivity contribution in [1.82, 2.24) is 10.3 Å². The van der Waals surface area contributed by atoms with Gasteiger partial charge in [0.05, 0.1) is 0 Å². The molecule has 1 N–H and O–H groups in total. The summed E-state index contributed by atoms with van der Waals surface area (Å²) < 4.78 is 0. The highest BCUT2D eigenvalue weighted by molar-refractivity contribution is 7.07. The summed E-state index contributed by atoms with van der Waals surface area (Å²) in [5.41, 5.74) is 2.47. The molecular weight excluding hydrogens is 240 g/mol. The Balaban J connectivity index is 1.93. The molecule has 2 aromatic heterocycles. The van der Waals surface area contributed by atoms with Gasteiger partial charge in [0, 0.05) is 18.8 Å². The number of hydrogen-bond donors (Lipinski definition) is 1. The molecule has 0 saturated carbocycles. The first-order valence-corrected chi connectivity index (χ1v) is 6.43. The van der Waals surface area contributed by atoms with Crippen molar-refractivity contribution in [1.29, 1.82) is 0 Å². The van der Waals surface area contributed by atoms with E-state index >= 15 is 0 Å². The highest BCUT2D eigenvalue weighted by Gasteiger charge is 2.05. The zero-order valence-corrected chi connectivity index (χ0v) is 10.6. The molecule has 0 aromatic carbocycles. The van der Waals surface area contributed by atoms with Gasteiger partial charge in [-0.3, -0.25) is 0 Å². The minimum absolute atomic E-state index is 0.282. The maximum Gasteiger partial charge on any atom is 0.129 e.